The third-order valence-corrected chi connectivity index (χ3v) is 4.49. The molecule has 3 aromatic rings. The maximum Gasteiger partial charge on any atom is 0.171 e. The number of hydrogen-bond acceptors (Lipinski definition) is 2. The first-order chi connectivity index (χ1) is 11.7. The number of methoxy groups -OCH3 is 1. The van der Waals surface area contributed by atoms with Gasteiger partial charge in [0, 0.05) is 28.0 Å². The minimum atomic E-state index is -0.561. The summed E-state index contributed by atoms with van der Waals surface area (Å²) in [6, 6.07) is 14.6. The molecule has 1 aliphatic heterocycles. The molecule has 0 N–H and O–H groups in total. The molecule has 0 radical (unpaired) electrons. The van der Waals surface area contributed by atoms with Crippen LogP contribution in [0.1, 0.15) is 22.9 Å². The van der Waals surface area contributed by atoms with Crippen LogP contribution in [-0.2, 0) is 11.3 Å². The maximum absolute atomic E-state index is 14.8. The summed E-state index contributed by atoms with van der Waals surface area (Å²) in [4.78, 5) is 0. The van der Waals surface area contributed by atoms with Crippen molar-refractivity contribution >= 4 is 11.6 Å². The third kappa shape index (κ3) is 2.39. The topological polar surface area (TPSA) is 23.4 Å². The van der Waals surface area contributed by atoms with Gasteiger partial charge in [-0.05, 0) is 36.4 Å². The number of hydrogen-bond donors (Lipinski definition) is 0. The molecule has 1 atom stereocenters. The van der Waals surface area contributed by atoms with Gasteiger partial charge in [0.2, 0.25) is 0 Å². The minimum Gasteiger partial charge on any atom is -0.494 e. The average Bonchev–Trinajstić information content (AvgIpc) is 2.99. The van der Waals surface area contributed by atoms with Crippen LogP contribution in [0, 0.1) is 5.82 Å². The molecule has 0 unspecified atom stereocenters. The first-order valence-electron chi connectivity index (χ1n) is 7.59. The molecule has 0 aliphatic carbocycles. The van der Waals surface area contributed by atoms with E-state index in [-0.39, 0.29) is 5.75 Å². The zero-order valence-corrected chi connectivity index (χ0v) is 13.8. The van der Waals surface area contributed by atoms with Gasteiger partial charge in [0.1, 0.15) is 6.10 Å². The van der Waals surface area contributed by atoms with Crippen LogP contribution in [0.2, 0.25) is 5.02 Å². The molecular weight excluding hydrogens is 329 g/mol. The Morgan fingerprint density at radius 1 is 1.17 bits per heavy atom. The van der Waals surface area contributed by atoms with E-state index in [1.54, 1.807) is 18.2 Å². The molecule has 2 aromatic carbocycles. The lowest BCUT2D eigenvalue weighted by Gasteiger charge is -2.20. The molecule has 122 valence electrons. The van der Waals surface area contributed by atoms with Crippen LogP contribution in [0.4, 0.5) is 4.39 Å². The van der Waals surface area contributed by atoms with E-state index in [2.05, 4.69) is 0 Å². The second-order valence-electron chi connectivity index (χ2n) is 5.63. The normalized spacial score (nSPS) is 16.2. The van der Waals surface area contributed by atoms with Crippen LogP contribution in [0.3, 0.4) is 0 Å². The molecule has 0 fully saturated rings. The molecule has 0 saturated heterocycles. The van der Waals surface area contributed by atoms with Gasteiger partial charge in [-0.2, -0.15) is 0 Å². The van der Waals surface area contributed by atoms with Gasteiger partial charge in [0.25, 0.3) is 0 Å². The van der Waals surface area contributed by atoms with E-state index in [1.807, 2.05) is 41.1 Å². The lowest BCUT2D eigenvalue weighted by Crippen LogP contribution is -2.09. The molecule has 4 rings (SSSR count). The summed E-state index contributed by atoms with van der Waals surface area (Å²) in [5, 5.41) is 0.585. The van der Waals surface area contributed by atoms with E-state index in [0.29, 0.717) is 17.2 Å². The Morgan fingerprint density at radius 3 is 2.88 bits per heavy atom. The zero-order valence-electron chi connectivity index (χ0n) is 13.0. The molecule has 1 aliphatic rings. The number of rotatable bonds is 2. The van der Waals surface area contributed by atoms with Gasteiger partial charge >= 0.3 is 0 Å². The van der Waals surface area contributed by atoms with E-state index in [0.717, 1.165) is 16.9 Å². The Kier molecular flexibility index (Phi) is 3.79. The van der Waals surface area contributed by atoms with E-state index >= 15 is 0 Å². The second kappa shape index (κ2) is 5.96. The molecular formula is C19H15ClFNO2. The third-order valence-electron chi connectivity index (χ3n) is 4.26. The number of benzene rings is 2. The summed E-state index contributed by atoms with van der Waals surface area (Å²) in [5.41, 5.74) is 3.20. The highest BCUT2D eigenvalue weighted by molar-refractivity contribution is 6.30. The fraction of sp³-hybridized carbons (Fsp3) is 0.158. The number of aromatic nitrogens is 1. The van der Waals surface area contributed by atoms with Crippen LogP contribution < -0.4 is 4.74 Å². The van der Waals surface area contributed by atoms with Crippen molar-refractivity contribution < 1.29 is 13.9 Å². The summed E-state index contributed by atoms with van der Waals surface area (Å²) in [6.45, 7) is 0.376. The molecule has 0 bridgehead atoms. The number of nitrogens with zero attached hydrogens (tertiary/aromatic N) is 1. The highest BCUT2D eigenvalue weighted by Crippen LogP contribution is 2.39. The lowest BCUT2D eigenvalue weighted by atomic mass is 9.98. The predicted molar refractivity (Wildman–Crippen MR) is 90.4 cm³/mol. The zero-order chi connectivity index (χ0) is 16.7. The first kappa shape index (κ1) is 15.2. The second-order valence-corrected chi connectivity index (χ2v) is 6.06. The highest BCUT2D eigenvalue weighted by atomic mass is 35.5. The standard InChI is InChI=1S/C19H15ClFNO2/c1-23-17-6-2-5-14(18(17)21)19-15-10-12(20)7-8-16(15)22-9-3-4-13(22)11-24-19/h2-10,19H,11H2,1H3/t19-/m1/s1. The van der Waals surface area contributed by atoms with Crippen molar-refractivity contribution in [2.75, 3.05) is 7.11 Å². The van der Waals surface area contributed by atoms with Crippen LogP contribution >= 0.6 is 11.6 Å². The predicted octanol–water partition coefficient (Wildman–Crippen LogP) is 4.90. The Morgan fingerprint density at radius 2 is 2.04 bits per heavy atom. The summed E-state index contributed by atoms with van der Waals surface area (Å²) >= 11 is 6.20. The lowest BCUT2D eigenvalue weighted by molar-refractivity contribution is 0.0652. The van der Waals surface area contributed by atoms with Crippen molar-refractivity contribution in [2.45, 2.75) is 12.7 Å². The summed E-state index contributed by atoms with van der Waals surface area (Å²) in [5.74, 6) is -0.217. The van der Waals surface area contributed by atoms with Crippen molar-refractivity contribution in [2.24, 2.45) is 0 Å². The summed E-state index contributed by atoms with van der Waals surface area (Å²) in [7, 11) is 1.45. The van der Waals surface area contributed by atoms with Gasteiger partial charge in [0.05, 0.1) is 19.4 Å². The molecule has 0 amide bonds. The summed E-state index contributed by atoms with van der Waals surface area (Å²) in [6.07, 6.45) is 1.41. The van der Waals surface area contributed by atoms with Crippen molar-refractivity contribution in [3.05, 3.63) is 82.4 Å². The molecule has 3 nitrogen and oxygen atoms in total. The van der Waals surface area contributed by atoms with E-state index in [9.17, 15) is 4.39 Å². The van der Waals surface area contributed by atoms with Crippen molar-refractivity contribution in [1.82, 2.24) is 4.57 Å². The fourth-order valence-corrected chi connectivity index (χ4v) is 3.31. The molecule has 0 saturated carbocycles. The Hall–Kier alpha value is -2.30. The van der Waals surface area contributed by atoms with Gasteiger partial charge in [-0.1, -0.05) is 23.7 Å². The first-order valence-corrected chi connectivity index (χ1v) is 7.97. The number of halogens is 2. The van der Waals surface area contributed by atoms with Crippen LogP contribution in [0.5, 0.6) is 5.75 Å². The Labute approximate surface area is 144 Å². The smallest absolute Gasteiger partial charge is 0.171 e. The highest BCUT2D eigenvalue weighted by Gasteiger charge is 2.27. The molecule has 2 heterocycles. The molecule has 0 spiro atoms. The largest absolute Gasteiger partial charge is 0.494 e. The molecule has 5 heteroatoms. The number of ether oxygens (including phenoxy) is 2. The van der Waals surface area contributed by atoms with Gasteiger partial charge in [-0.15, -0.1) is 0 Å². The van der Waals surface area contributed by atoms with Gasteiger partial charge < -0.3 is 14.0 Å². The Bertz CT molecular complexity index is 906. The molecule has 1 aromatic heterocycles. The van der Waals surface area contributed by atoms with Crippen molar-refractivity contribution in [3.63, 3.8) is 0 Å². The average molecular weight is 344 g/mol. The van der Waals surface area contributed by atoms with Gasteiger partial charge in [-0.25, -0.2) is 4.39 Å². The minimum absolute atomic E-state index is 0.198. The van der Waals surface area contributed by atoms with Gasteiger partial charge in [0.15, 0.2) is 11.6 Å². The van der Waals surface area contributed by atoms with Crippen molar-refractivity contribution in [1.29, 1.82) is 0 Å². The quantitative estimate of drug-likeness (QED) is 0.660. The Balaban J connectivity index is 1.93. The molecule has 24 heavy (non-hydrogen) atoms. The van der Waals surface area contributed by atoms with E-state index in [4.69, 9.17) is 21.1 Å². The monoisotopic (exact) mass is 343 g/mol. The van der Waals surface area contributed by atoms with Crippen LogP contribution in [0.25, 0.3) is 5.69 Å². The van der Waals surface area contributed by atoms with E-state index < -0.39 is 11.9 Å². The fourth-order valence-electron chi connectivity index (χ4n) is 3.13. The van der Waals surface area contributed by atoms with Crippen molar-refractivity contribution in [3.8, 4) is 11.4 Å². The SMILES string of the molecule is COc1cccc([C@H]2OCc3cccn3-c3ccc(Cl)cc32)c1F. The maximum atomic E-state index is 14.8. The van der Waals surface area contributed by atoms with Gasteiger partial charge in [-0.3, -0.25) is 0 Å². The van der Waals surface area contributed by atoms with Crippen LogP contribution in [0.15, 0.2) is 54.7 Å². The number of fused-ring (bicyclic) bond motifs is 3. The summed E-state index contributed by atoms with van der Waals surface area (Å²) < 4.78 is 28.0. The van der Waals surface area contributed by atoms with Crippen LogP contribution in [-0.4, -0.2) is 11.7 Å². The van der Waals surface area contributed by atoms with E-state index in [1.165, 1.54) is 7.11 Å².